The third-order valence-corrected chi connectivity index (χ3v) is 12.6. The Morgan fingerprint density at radius 3 is 1.44 bits per heavy atom. The first-order valence-corrected chi connectivity index (χ1v) is 23.4. The molecule has 0 aliphatic heterocycles. The molecule has 6 heteroatoms. The van der Waals surface area contributed by atoms with Crippen molar-refractivity contribution in [1.82, 2.24) is 0 Å². The molecule has 0 amide bonds. The topological polar surface area (TPSA) is 26.0 Å². The van der Waals surface area contributed by atoms with Crippen LogP contribution < -0.4 is 8.25 Å². The molecule has 0 aromatic heterocycles. The molecular formula is C12H19Cl4NW. The van der Waals surface area contributed by atoms with Gasteiger partial charge in [0.1, 0.15) is 0 Å². The zero-order valence-corrected chi connectivity index (χ0v) is 16.8. The Morgan fingerprint density at radius 2 is 1.22 bits per heavy atom. The van der Waals surface area contributed by atoms with Gasteiger partial charge >= 0.3 is 124 Å². The fourth-order valence-corrected chi connectivity index (χ4v) is 13.5. The molecule has 0 spiro atoms. The molecule has 0 radical (unpaired) electrons. The van der Waals surface area contributed by atoms with Gasteiger partial charge in [-0.05, 0) is 0 Å². The molecule has 106 valence electrons. The molecule has 0 aliphatic rings. The van der Waals surface area contributed by atoms with Gasteiger partial charge in [-0.25, -0.2) is 0 Å². The third kappa shape index (κ3) is 4.01. The number of rotatable bonds is 3. The van der Waals surface area contributed by atoms with E-state index < -0.39 is 9.64 Å². The van der Waals surface area contributed by atoms with E-state index in [0.29, 0.717) is 3.95 Å². The van der Waals surface area contributed by atoms with Crippen LogP contribution in [-0.2, 0) is 9.64 Å². The fourth-order valence-electron chi connectivity index (χ4n) is 1.98. The van der Waals surface area contributed by atoms with Crippen LogP contribution in [0.1, 0.15) is 50.7 Å². The van der Waals surface area contributed by atoms with E-state index in [-0.39, 0.29) is 11.8 Å². The van der Waals surface area contributed by atoms with Gasteiger partial charge in [-0.3, -0.25) is 0 Å². The van der Waals surface area contributed by atoms with Gasteiger partial charge in [0.25, 0.3) is 0 Å². The molecule has 0 saturated heterocycles. The number of halogens is 4. The molecule has 0 aliphatic carbocycles. The van der Waals surface area contributed by atoms with E-state index in [1.54, 1.807) is 0 Å². The van der Waals surface area contributed by atoms with Crippen molar-refractivity contribution < 1.29 is 9.64 Å². The standard InChI is InChI=1S/C12H17.4ClH.H2N.W/c1-9(2)11-6-5-7-12(8-11)10(3)4;;;;;;/h5-7,9-10H,1-4H3;4*1H;1H2;/q;;;;;-1;+5/p-4. The van der Waals surface area contributed by atoms with Gasteiger partial charge in [-0.15, -0.1) is 0 Å². The van der Waals surface area contributed by atoms with Crippen molar-refractivity contribution in [2.75, 3.05) is 0 Å². The van der Waals surface area contributed by atoms with E-state index in [9.17, 15) is 0 Å². The van der Waals surface area contributed by atoms with Crippen LogP contribution >= 0.6 is 37.7 Å². The molecular weight excluding hydrogens is 484 g/mol. The van der Waals surface area contributed by atoms with Gasteiger partial charge < -0.3 is 0 Å². The van der Waals surface area contributed by atoms with E-state index in [0.717, 1.165) is 11.1 Å². The maximum atomic E-state index is 6.34. The molecule has 1 aromatic carbocycles. The second kappa shape index (κ2) is 4.51. The fraction of sp³-hybridized carbons (Fsp3) is 0.500. The quantitative estimate of drug-likeness (QED) is 0.598. The molecule has 0 fully saturated rings. The van der Waals surface area contributed by atoms with Crippen LogP contribution in [0.15, 0.2) is 18.2 Å². The zero-order chi connectivity index (χ0) is 14.4. The first-order valence-electron chi connectivity index (χ1n) is 5.69. The summed E-state index contributed by atoms with van der Waals surface area (Å²) in [6.45, 7) is 8.14. The summed E-state index contributed by atoms with van der Waals surface area (Å²) in [5, 5.41) is 0. The number of hydrogen-bond donors (Lipinski definition) is 1. The second-order valence-corrected chi connectivity index (χ2v) is 48.6. The number of nitrogens with two attached hydrogens (primary N) is 1. The second-order valence-electron chi connectivity index (χ2n) is 5.21. The number of hydrogen-bond acceptors (Lipinski definition) is 1. The van der Waals surface area contributed by atoms with E-state index in [1.807, 2.05) is 45.9 Å². The van der Waals surface area contributed by atoms with E-state index in [4.69, 9.17) is 42.0 Å². The van der Waals surface area contributed by atoms with Crippen LogP contribution in [0.25, 0.3) is 0 Å². The van der Waals surface area contributed by atoms with Crippen molar-refractivity contribution in [3.63, 3.8) is 0 Å². The average Bonchev–Trinajstić information content (AvgIpc) is 2.13. The van der Waals surface area contributed by atoms with Crippen LogP contribution in [0.2, 0.25) is 0 Å². The summed E-state index contributed by atoms with van der Waals surface area (Å²) in [5.74, 6) is 0.388. The first-order chi connectivity index (χ1) is 7.74. The zero-order valence-electron chi connectivity index (χ0n) is 10.9. The van der Waals surface area contributed by atoms with Crippen molar-refractivity contribution in [2.24, 2.45) is 4.29 Å². The summed E-state index contributed by atoms with van der Waals surface area (Å²) in [4.78, 5) is 0. The Labute approximate surface area is 123 Å². The predicted octanol–water partition coefficient (Wildman–Crippen LogP) is 5.27. The summed E-state index contributed by atoms with van der Waals surface area (Å²) in [7, 11) is 19.5. The maximum absolute atomic E-state index is 6.34. The van der Waals surface area contributed by atoms with Crippen molar-refractivity contribution in [2.45, 2.75) is 39.5 Å². The molecule has 1 rings (SSSR count). The summed E-state index contributed by atoms with van der Waals surface area (Å²) in [6.07, 6.45) is 0. The molecule has 0 unspecified atom stereocenters. The van der Waals surface area contributed by atoms with Crippen molar-refractivity contribution in [3.8, 4) is 0 Å². The molecule has 18 heavy (non-hydrogen) atoms. The third-order valence-electron chi connectivity index (χ3n) is 2.75. The Balaban J connectivity index is 3.80. The molecule has 0 bridgehead atoms. The van der Waals surface area contributed by atoms with Gasteiger partial charge in [0.05, 0.1) is 0 Å². The minimum absolute atomic E-state index is 0.194. The van der Waals surface area contributed by atoms with Crippen LogP contribution in [-0.4, -0.2) is 0 Å². The minimum atomic E-state index is -5.83. The molecule has 2 N–H and O–H groups in total. The SMILES string of the molecule is CC(C)c1cccc(C(C)C)[c]1[W]([NH2])([Cl])([Cl])([Cl])[Cl]. The summed E-state index contributed by atoms with van der Waals surface area (Å²) < 4.78 is 6.65. The van der Waals surface area contributed by atoms with Gasteiger partial charge in [0, 0.05) is 0 Å². The summed E-state index contributed by atoms with van der Waals surface area (Å²) >= 11 is 0. The van der Waals surface area contributed by atoms with Crippen LogP contribution in [0.3, 0.4) is 0 Å². The first kappa shape index (κ1) is 17.1. The average molecular weight is 503 g/mol. The van der Waals surface area contributed by atoms with Gasteiger partial charge in [-0.1, -0.05) is 0 Å². The van der Waals surface area contributed by atoms with Gasteiger partial charge in [0.2, 0.25) is 0 Å². The summed E-state index contributed by atoms with van der Waals surface area (Å²) in [5.41, 5.74) is 1.85. The van der Waals surface area contributed by atoms with Crippen LogP contribution in [0.5, 0.6) is 0 Å². The van der Waals surface area contributed by atoms with Crippen LogP contribution in [0, 0.1) is 0 Å². The Kier molecular flexibility index (Phi) is 4.28. The Morgan fingerprint density at radius 1 is 0.889 bits per heavy atom. The molecule has 0 saturated carbocycles. The van der Waals surface area contributed by atoms with Gasteiger partial charge in [0.15, 0.2) is 0 Å². The van der Waals surface area contributed by atoms with E-state index in [1.165, 1.54) is 0 Å². The monoisotopic (exact) mass is 501 g/mol. The predicted molar refractivity (Wildman–Crippen MR) is 81.9 cm³/mol. The normalized spacial score (nSPS) is 16.8. The van der Waals surface area contributed by atoms with Gasteiger partial charge in [-0.2, -0.15) is 0 Å². The molecule has 0 atom stereocenters. The Bertz CT molecular complexity index is 436. The van der Waals surface area contributed by atoms with E-state index >= 15 is 0 Å². The molecule has 1 aromatic rings. The van der Waals surface area contributed by atoms with Crippen LogP contribution in [0.4, 0.5) is 0 Å². The molecule has 0 heterocycles. The number of benzene rings is 1. The summed E-state index contributed by atoms with van der Waals surface area (Å²) in [6, 6.07) is 5.82. The van der Waals surface area contributed by atoms with E-state index in [2.05, 4.69) is 0 Å². The Hall–Kier alpha value is 1.03. The molecule has 1 nitrogen and oxygen atoms in total. The van der Waals surface area contributed by atoms with Crippen molar-refractivity contribution in [3.05, 3.63) is 29.3 Å². The van der Waals surface area contributed by atoms with Crippen molar-refractivity contribution >= 4 is 41.6 Å². The van der Waals surface area contributed by atoms with Crippen molar-refractivity contribution in [1.29, 1.82) is 0 Å².